The Morgan fingerprint density at radius 1 is 0.526 bits per heavy atom. The molecule has 0 unspecified atom stereocenters. The summed E-state index contributed by atoms with van der Waals surface area (Å²) in [5, 5.41) is 5.77. The van der Waals surface area contributed by atoms with Crippen molar-refractivity contribution >= 4 is 29.0 Å². The molecule has 0 saturated heterocycles. The molecule has 0 aromatic rings. The van der Waals surface area contributed by atoms with Crippen LogP contribution in [0.2, 0.25) is 21.1 Å². The largest absolute Gasteiger partial charge is 0.636 e. The van der Waals surface area contributed by atoms with Crippen molar-refractivity contribution in [1.82, 2.24) is 0 Å². The van der Waals surface area contributed by atoms with E-state index in [1.165, 1.54) is 72.5 Å². The topological polar surface area (TPSA) is 9.23 Å². The van der Waals surface area contributed by atoms with Crippen LogP contribution in [0.3, 0.4) is 0 Å². The number of rotatable bonds is 14. The highest BCUT2D eigenvalue weighted by molar-refractivity contribution is 6.66. The predicted molar refractivity (Wildman–Crippen MR) is 91.5 cm³/mol. The average Bonchev–Trinajstić information content (AvgIpc) is 2.44. The minimum Gasteiger partial charge on any atom is -0.636 e. The maximum Gasteiger partial charge on any atom is 0.430 e. The van der Waals surface area contributed by atoms with Gasteiger partial charge >= 0.3 is 29.0 Å². The van der Waals surface area contributed by atoms with Crippen molar-refractivity contribution in [1.29, 1.82) is 0 Å². The van der Waals surface area contributed by atoms with Gasteiger partial charge in [-0.1, -0.05) is 100 Å². The van der Waals surface area contributed by atoms with Gasteiger partial charge in [0.15, 0.2) is 0 Å². The Labute approximate surface area is 132 Å². The van der Waals surface area contributed by atoms with E-state index < -0.39 is 29.0 Å². The third-order valence-corrected chi connectivity index (χ3v) is 11.2. The van der Waals surface area contributed by atoms with E-state index in [1.54, 1.807) is 0 Å². The lowest BCUT2D eigenvalue weighted by molar-refractivity contribution is 0.549. The van der Waals surface area contributed by atoms with Gasteiger partial charge in [-0.05, 0) is 0 Å². The van der Waals surface area contributed by atoms with Crippen LogP contribution >= 0.6 is 0 Å². The second-order valence-corrected chi connectivity index (χ2v) is 11.8. The summed E-state index contributed by atoms with van der Waals surface area (Å²) in [6.07, 6.45) is 11.0. The molecule has 0 atom stereocenters. The fourth-order valence-electron chi connectivity index (χ4n) is 2.56. The zero-order valence-corrected chi connectivity index (χ0v) is 16.4. The molecular weight excluding hydrogens is 262 g/mol. The van der Waals surface area contributed by atoms with E-state index in [4.69, 9.17) is 2.84 Å². The van der Waals surface area contributed by atoms with E-state index in [2.05, 4.69) is 27.7 Å². The van der Waals surface area contributed by atoms with Crippen molar-refractivity contribution in [3.8, 4) is 0 Å². The molecule has 0 heterocycles. The Morgan fingerprint density at radius 2 is 0.789 bits per heavy atom. The molecule has 0 radical (unpaired) electrons. The highest BCUT2D eigenvalue weighted by atomic mass is 27.3. The summed E-state index contributed by atoms with van der Waals surface area (Å²) in [4.78, 5) is 0. The molecule has 0 aliphatic carbocycles. The van der Waals surface area contributed by atoms with Crippen LogP contribution in [0.4, 0.5) is 0 Å². The summed E-state index contributed by atoms with van der Waals surface area (Å²) < 4.78 is 6.74. The van der Waals surface area contributed by atoms with Gasteiger partial charge in [0.1, 0.15) is 0 Å². The Balaban J connectivity index is 4.16. The molecule has 0 fully saturated rings. The van der Waals surface area contributed by atoms with Crippen LogP contribution < -0.4 is 0 Å². The standard InChI is InChI=1S/4C4H9.2Al.O/c4*1-3-4-2;;;/h4*1,3-4H2,2H3;;;. The zero-order valence-electron chi connectivity index (χ0n) is 14.0. The first kappa shape index (κ1) is 20.0. The molecule has 0 rings (SSSR count). The Kier molecular flexibility index (Phi) is 16.2. The number of hydrogen-bond donors (Lipinski definition) is 0. The quantitative estimate of drug-likeness (QED) is 0.348. The first-order valence-electron chi connectivity index (χ1n) is 8.93. The fourth-order valence-corrected chi connectivity index (χ4v) is 10.9. The van der Waals surface area contributed by atoms with Crippen molar-refractivity contribution in [2.75, 3.05) is 0 Å². The SMILES string of the molecule is CCC[CH2][Al]([CH2]CCC)[O][Al]([CH2]CCC)[CH2]CCC. The molecule has 0 N–H and O–H groups in total. The molecule has 0 aliphatic heterocycles. The summed E-state index contributed by atoms with van der Waals surface area (Å²) in [5.74, 6) is 0. The van der Waals surface area contributed by atoms with Crippen molar-refractivity contribution in [2.24, 2.45) is 0 Å². The summed E-state index contributed by atoms with van der Waals surface area (Å²) in [5.41, 5.74) is 0. The molecular formula is C16H36Al2O. The van der Waals surface area contributed by atoms with Crippen molar-refractivity contribution in [2.45, 2.75) is 100 Å². The average molecular weight is 298 g/mol. The zero-order chi connectivity index (χ0) is 14.3. The lowest BCUT2D eigenvalue weighted by atomic mass is 10.4. The van der Waals surface area contributed by atoms with E-state index >= 15 is 0 Å². The second-order valence-electron chi connectivity index (χ2n) is 5.95. The van der Waals surface area contributed by atoms with E-state index in [1.807, 2.05) is 0 Å². The molecule has 0 bridgehead atoms. The maximum absolute atomic E-state index is 6.74. The van der Waals surface area contributed by atoms with Crippen molar-refractivity contribution < 1.29 is 2.84 Å². The van der Waals surface area contributed by atoms with Crippen LogP contribution in [0.25, 0.3) is 0 Å². The summed E-state index contributed by atoms with van der Waals surface area (Å²) in [6.45, 7) is 9.26. The minimum atomic E-state index is -0.851. The fraction of sp³-hybridized carbons (Fsp3) is 1.00. The summed E-state index contributed by atoms with van der Waals surface area (Å²) in [7, 11) is 0. The first-order valence-corrected chi connectivity index (χ1v) is 13.1. The highest BCUT2D eigenvalue weighted by Gasteiger charge is 2.26. The van der Waals surface area contributed by atoms with E-state index in [0.29, 0.717) is 0 Å². The third kappa shape index (κ3) is 12.5. The molecule has 1 nitrogen and oxygen atoms in total. The van der Waals surface area contributed by atoms with Crippen molar-refractivity contribution in [3.63, 3.8) is 0 Å². The van der Waals surface area contributed by atoms with Crippen LogP contribution in [0, 0.1) is 0 Å². The van der Waals surface area contributed by atoms with Gasteiger partial charge in [0.2, 0.25) is 0 Å². The molecule has 0 spiro atoms. The van der Waals surface area contributed by atoms with E-state index in [0.717, 1.165) is 0 Å². The van der Waals surface area contributed by atoms with Crippen LogP contribution in [0.15, 0.2) is 0 Å². The highest BCUT2D eigenvalue weighted by Crippen LogP contribution is 2.18. The van der Waals surface area contributed by atoms with Crippen LogP contribution in [0.1, 0.15) is 79.1 Å². The molecule has 0 saturated carbocycles. The summed E-state index contributed by atoms with van der Waals surface area (Å²) in [6, 6.07) is 0. The van der Waals surface area contributed by atoms with E-state index in [-0.39, 0.29) is 0 Å². The van der Waals surface area contributed by atoms with Crippen LogP contribution in [-0.4, -0.2) is 29.0 Å². The smallest absolute Gasteiger partial charge is 0.430 e. The Hall–Kier alpha value is 1.02. The van der Waals surface area contributed by atoms with Gasteiger partial charge in [0.05, 0.1) is 0 Å². The van der Waals surface area contributed by atoms with Gasteiger partial charge in [-0.25, -0.2) is 0 Å². The second kappa shape index (κ2) is 15.4. The Morgan fingerprint density at radius 3 is 1.00 bits per heavy atom. The number of unbranched alkanes of at least 4 members (excludes halogenated alkanes) is 4. The van der Waals surface area contributed by atoms with Gasteiger partial charge in [0.25, 0.3) is 0 Å². The minimum absolute atomic E-state index is 0.851. The molecule has 3 heteroatoms. The van der Waals surface area contributed by atoms with Gasteiger partial charge < -0.3 is 2.84 Å². The normalized spacial score (nSPS) is 10.7. The van der Waals surface area contributed by atoms with E-state index in [9.17, 15) is 0 Å². The van der Waals surface area contributed by atoms with Gasteiger partial charge in [-0.15, -0.1) is 0 Å². The lowest BCUT2D eigenvalue weighted by Crippen LogP contribution is -2.29. The van der Waals surface area contributed by atoms with Crippen LogP contribution in [-0.2, 0) is 2.84 Å². The molecule has 19 heavy (non-hydrogen) atoms. The molecule has 0 aliphatic rings. The molecule has 0 aromatic carbocycles. The van der Waals surface area contributed by atoms with Gasteiger partial charge in [-0.3, -0.25) is 0 Å². The molecule has 0 amide bonds. The monoisotopic (exact) mass is 298 g/mol. The molecule has 0 aromatic heterocycles. The van der Waals surface area contributed by atoms with Crippen LogP contribution in [0.5, 0.6) is 0 Å². The van der Waals surface area contributed by atoms with Gasteiger partial charge in [0, 0.05) is 0 Å². The summed E-state index contributed by atoms with van der Waals surface area (Å²) >= 11 is -1.70. The van der Waals surface area contributed by atoms with Crippen molar-refractivity contribution in [3.05, 3.63) is 0 Å². The molecule has 112 valence electrons. The van der Waals surface area contributed by atoms with Gasteiger partial charge in [-0.2, -0.15) is 0 Å². The maximum atomic E-state index is 6.74. The third-order valence-electron chi connectivity index (χ3n) is 3.90. The number of hydrogen-bond acceptors (Lipinski definition) is 1. The predicted octanol–water partition coefficient (Wildman–Crippen LogP) is 6.19. The lowest BCUT2D eigenvalue weighted by Gasteiger charge is -2.20. The first-order chi connectivity index (χ1) is 9.28. The Bertz CT molecular complexity index is 142.